The topological polar surface area (TPSA) is 59.6 Å². The van der Waals surface area contributed by atoms with Gasteiger partial charge in [0.1, 0.15) is 0 Å². The van der Waals surface area contributed by atoms with Crippen LogP contribution in [0.1, 0.15) is 18.1 Å². The van der Waals surface area contributed by atoms with Gasteiger partial charge in [-0.2, -0.15) is 0 Å². The molecule has 0 unspecified atom stereocenters. The molecule has 2 rings (SSSR count). The minimum atomic E-state index is -0.0595. The van der Waals surface area contributed by atoms with Crippen molar-refractivity contribution in [3.05, 3.63) is 53.6 Å². The molecule has 0 aliphatic carbocycles. The maximum absolute atomic E-state index is 12.0. The van der Waals surface area contributed by atoms with Crippen LogP contribution in [-0.4, -0.2) is 26.7 Å². The number of ether oxygens (including phenoxy) is 2. The van der Waals surface area contributed by atoms with Crippen LogP contribution >= 0.6 is 0 Å². The van der Waals surface area contributed by atoms with E-state index in [1.807, 2.05) is 36.4 Å². The van der Waals surface area contributed by atoms with Crippen LogP contribution in [0.5, 0.6) is 11.5 Å². The molecule has 0 atom stereocenters. The normalized spacial score (nSPS) is 10.1. The summed E-state index contributed by atoms with van der Waals surface area (Å²) >= 11 is 0. The Balaban J connectivity index is 1.87. The van der Waals surface area contributed by atoms with E-state index in [1.54, 1.807) is 14.2 Å². The van der Waals surface area contributed by atoms with Gasteiger partial charge in [0.2, 0.25) is 5.91 Å². The highest BCUT2D eigenvalue weighted by Crippen LogP contribution is 2.27. The Morgan fingerprint density at radius 3 is 2.50 bits per heavy atom. The van der Waals surface area contributed by atoms with Crippen LogP contribution in [0.25, 0.3) is 0 Å². The van der Waals surface area contributed by atoms with Crippen molar-refractivity contribution in [2.45, 2.75) is 19.9 Å². The van der Waals surface area contributed by atoms with Crippen molar-refractivity contribution >= 4 is 11.6 Å². The summed E-state index contributed by atoms with van der Waals surface area (Å²) < 4.78 is 10.5. The van der Waals surface area contributed by atoms with Gasteiger partial charge in [-0.3, -0.25) is 4.79 Å². The average molecular weight is 328 g/mol. The van der Waals surface area contributed by atoms with Gasteiger partial charge in [-0.05, 0) is 35.7 Å². The number of methoxy groups -OCH3 is 2. The third-order valence-electron chi connectivity index (χ3n) is 3.78. The minimum absolute atomic E-state index is 0.0595. The van der Waals surface area contributed by atoms with Gasteiger partial charge in [-0.25, -0.2) is 0 Å². The van der Waals surface area contributed by atoms with Crippen molar-refractivity contribution in [2.24, 2.45) is 0 Å². The zero-order valence-corrected chi connectivity index (χ0v) is 14.4. The van der Waals surface area contributed by atoms with Gasteiger partial charge in [0.15, 0.2) is 11.5 Å². The molecular formula is C19H24N2O3. The molecule has 24 heavy (non-hydrogen) atoms. The molecule has 0 aliphatic heterocycles. The summed E-state index contributed by atoms with van der Waals surface area (Å²) in [5.74, 6) is 1.26. The van der Waals surface area contributed by atoms with Crippen LogP contribution in [0, 0.1) is 0 Å². The van der Waals surface area contributed by atoms with E-state index in [1.165, 1.54) is 5.56 Å². The highest BCUT2D eigenvalue weighted by molar-refractivity contribution is 5.81. The second-order valence-electron chi connectivity index (χ2n) is 5.33. The van der Waals surface area contributed by atoms with Gasteiger partial charge in [0.05, 0.1) is 20.8 Å². The van der Waals surface area contributed by atoms with E-state index in [-0.39, 0.29) is 12.5 Å². The molecule has 5 heteroatoms. The highest BCUT2D eigenvalue weighted by Gasteiger charge is 2.07. The largest absolute Gasteiger partial charge is 0.493 e. The lowest BCUT2D eigenvalue weighted by Gasteiger charge is -2.12. The second-order valence-corrected chi connectivity index (χ2v) is 5.33. The maximum Gasteiger partial charge on any atom is 0.239 e. The Hall–Kier alpha value is -2.69. The van der Waals surface area contributed by atoms with Gasteiger partial charge >= 0.3 is 0 Å². The summed E-state index contributed by atoms with van der Waals surface area (Å²) in [6, 6.07) is 13.6. The number of carbonyl (C=O) groups is 1. The molecule has 0 heterocycles. The molecule has 0 fully saturated rings. The summed E-state index contributed by atoms with van der Waals surface area (Å²) in [6.45, 7) is 2.78. The lowest BCUT2D eigenvalue weighted by molar-refractivity contribution is -0.119. The van der Waals surface area contributed by atoms with Crippen LogP contribution in [0.4, 0.5) is 5.69 Å². The fourth-order valence-electron chi connectivity index (χ4n) is 2.43. The van der Waals surface area contributed by atoms with E-state index in [4.69, 9.17) is 9.47 Å². The average Bonchev–Trinajstić information content (AvgIpc) is 2.64. The van der Waals surface area contributed by atoms with Gasteiger partial charge in [0, 0.05) is 12.2 Å². The van der Waals surface area contributed by atoms with Gasteiger partial charge in [-0.1, -0.05) is 31.2 Å². The highest BCUT2D eigenvalue weighted by atomic mass is 16.5. The summed E-state index contributed by atoms with van der Waals surface area (Å²) in [4.78, 5) is 12.0. The first-order chi connectivity index (χ1) is 11.7. The van der Waals surface area contributed by atoms with Crippen molar-refractivity contribution in [1.82, 2.24) is 5.32 Å². The zero-order valence-electron chi connectivity index (χ0n) is 14.4. The van der Waals surface area contributed by atoms with E-state index >= 15 is 0 Å². The first kappa shape index (κ1) is 17.7. The number of hydrogen-bond donors (Lipinski definition) is 2. The molecule has 128 valence electrons. The van der Waals surface area contributed by atoms with Gasteiger partial charge in [0.25, 0.3) is 0 Å². The number of carbonyl (C=O) groups excluding carboxylic acids is 1. The number of nitrogens with one attached hydrogen (secondary N) is 2. The van der Waals surface area contributed by atoms with Crippen LogP contribution in [-0.2, 0) is 17.8 Å². The van der Waals surface area contributed by atoms with Crippen LogP contribution in [0.15, 0.2) is 42.5 Å². The Morgan fingerprint density at radius 2 is 1.79 bits per heavy atom. The van der Waals surface area contributed by atoms with Crippen molar-refractivity contribution in [3.8, 4) is 11.5 Å². The minimum Gasteiger partial charge on any atom is -0.493 e. The number of benzene rings is 2. The predicted octanol–water partition coefficient (Wildman–Crippen LogP) is 2.99. The van der Waals surface area contributed by atoms with Crippen molar-refractivity contribution in [3.63, 3.8) is 0 Å². The summed E-state index contributed by atoms with van der Waals surface area (Å²) in [5, 5.41) is 6.08. The smallest absolute Gasteiger partial charge is 0.239 e. The van der Waals surface area contributed by atoms with E-state index in [9.17, 15) is 4.79 Å². The molecule has 0 aliphatic rings. The number of aryl methyl sites for hydroxylation is 1. The number of para-hydroxylation sites is 1. The van der Waals surface area contributed by atoms with Crippen LogP contribution in [0.3, 0.4) is 0 Å². The van der Waals surface area contributed by atoms with Crippen molar-refractivity contribution < 1.29 is 14.3 Å². The quantitative estimate of drug-likeness (QED) is 0.782. The third kappa shape index (κ3) is 4.65. The molecule has 0 spiro atoms. The maximum atomic E-state index is 12.0. The number of amides is 1. The Morgan fingerprint density at radius 1 is 1.04 bits per heavy atom. The lowest BCUT2D eigenvalue weighted by Crippen LogP contribution is -2.29. The molecule has 0 radical (unpaired) electrons. The second kappa shape index (κ2) is 8.82. The predicted molar refractivity (Wildman–Crippen MR) is 95.7 cm³/mol. The van der Waals surface area contributed by atoms with E-state index in [0.29, 0.717) is 18.0 Å². The summed E-state index contributed by atoms with van der Waals surface area (Å²) in [6.07, 6.45) is 0.927. The monoisotopic (exact) mass is 328 g/mol. The molecule has 0 bridgehead atoms. The molecule has 0 saturated heterocycles. The van der Waals surface area contributed by atoms with E-state index in [2.05, 4.69) is 23.6 Å². The number of anilines is 1. The summed E-state index contributed by atoms with van der Waals surface area (Å²) in [7, 11) is 3.19. The van der Waals surface area contributed by atoms with Crippen LogP contribution in [0.2, 0.25) is 0 Å². The molecule has 5 nitrogen and oxygen atoms in total. The van der Waals surface area contributed by atoms with Crippen molar-refractivity contribution in [1.29, 1.82) is 0 Å². The first-order valence-electron chi connectivity index (χ1n) is 7.97. The van der Waals surface area contributed by atoms with E-state index in [0.717, 1.165) is 17.7 Å². The third-order valence-corrected chi connectivity index (χ3v) is 3.78. The van der Waals surface area contributed by atoms with Gasteiger partial charge < -0.3 is 20.1 Å². The molecule has 0 saturated carbocycles. The lowest BCUT2D eigenvalue weighted by atomic mass is 10.1. The number of hydrogen-bond acceptors (Lipinski definition) is 4. The Bertz CT molecular complexity index is 686. The first-order valence-corrected chi connectivity index (χ1v) is 7.97. The van der Waals surface area contributed by atoms with E-state index < -0.39 is 0 Å². The fourth-order valence-corrected chi connectivity index (χ4v) is 2.43. The fraction of sp³-hybridized carbons (Fsp3) is 0.316. The molecule has 1 amide bonds. The van der Waals surface area contributed by atoms with Crippen LogP contribution < -0.4 is 20.1 Å². The molecule has 0 aromatic heterocycles. The molecule has 2 N–H and O–H groups in total. The Labute approximate surface area is 143 Å². The Kier molecular flexibility index (Phi) is 6.49. The van der Waals surface area contributed by atoms with Gasteiger partial charge in [-0.15, -0.1) is 0 Å². The van der Waals surface area contributed by atoms with Crippen molar-refractivity contribution in [2.75, 3.05) is 26.1 Å². The standard InChI is InChI=1S/C19H24N2O3/c1-4-15-7-5-6-8-16(15)20-13-19(22)21-12-14-9-10-17(23-2)18(11-14)24-3/h5-11,20H,4,12-13H2,1-3H3,(H,21,22). The molecular weight excluding hydrogens is 304 g/mol. The zero-order chi connectivity index (χ0) is 17.4. The SMILES string of the molecule is CCc1ccccc1NCC(=O)NCc1ccc(OC)c(OC)c1. The number of rotatable bonds is 8. The molecule has 2 aromatic carbocycles. The summed E-state index contributed by atoms with van der Waals surface area (Å²) in [5.41, 5.74) is 3.15. The molecule has 2 aromatic rings.